The molecule has 0 bridgehead atoms. The summed E-state index contributed by atoms with van der Waals surface area (Å²) in [5.74, 6) is 3.90. The van der Waals surface area contributed by atoms with Gasteiger partial charge in [-0.05, 0) is 78.6 Å². The second-order valence-corrected chi connectivity index (χ2v) is 11.5. The minimum absolute atomic E-state index is 0.0802. The third-order valence-corrected chi connectivity index (χ3v) is 9.30. The molecule has 4 rings (SSSR count). The molecule has 0 saturated heterocycles. The molecule has 0 radical (unpaired) electrons. The first-order valence-electron chi connectivity index (χ1n) is 12.5. The van der Waals surface area contributed by atoms with E-state index < -0.39 is 0 Å². The third kappa shape index (κ3) is 5.82. The van der Waals surface area contributed by atoms with Gasteiger partial charge in [0.05, 0.1) is 26.7 Å². The highest BCUT2D eigenvalue weighted by atomic mass is 32.2. The molecule has 37 heavy (non-hydrogen) atoms. The van der Waals surface area contributed by atoms with Crippen LogP contribution in [-0.4, -0.2) is 0 Å². The highest BCUT2D eigenvalue weighted by Crippen LogP contribution is 2.60. The number of rotatable bonds is 8. The highest BCUT2D eigenvalue weighted by molar-refractivity contribution is 8.24. The summed E-state index contributed by atoms with van der Waals surface area (Å²) in [4.78, 5) is 5.16. The number of hydrogen-bond donors (Lipinski definition) is 0. The summed E-state index contributed by atoms with van der Waals surface area (Å²) >= 11 is 2.80. The van der Waals surface area contributed by atoms with Crippen LogP contribution in [0, 0.1) is 24.8 Å². The molecule has 188 valence electrons. The van der Waals surface area contributed by atoms with E-state index in [4.69, 9.17) is 16.0 Å². The van der Waals surface area contributed by atoms with Crippen molar-refractivity contribution in [1.29, 1.82) is 5.26 Å². The van der Waals surface area contributed by atoms with E-state index >= 15 is 0 Å². The zero-order valence-corrected chi connectivity index (χ0v) is 23.4. The lowest BCUT2D eigenvalue weighted by molar-refractivity contribution is 0.444. The summed E-state index contributed by atoms with van der Waals surface area (Å²) in [6.45, 7) is 18.2. The van der Waals surface area contributed by atoms with E-state index in [1.165, 1.54) is 34.7 Å². The SMILES string of the molecule is [C-]#[N+]/C(C#N)=C1\Sc2c(Oc3ccc(C(C)CC)cc3)cc(C)c(Oc3ccc(C(C)CC)cc3)c2S1. The Hall–Kier alpha value is -3.32. The van der Waals surface area contributed by atoms with Gasteiger partial charge in [-0.3, -0.25) is 0 Å². The number of aryl methyl sites for hydroxylation is 1. The Balaban J connectivity index is 1.71. The average molecular weight is 527 g/mol. The van der Waals surface area contributed by atoms with Crippen LogP contribution in [0.4, 0.5) is 0 Å². The van der Waals surface area contributed by atoms with Crippen LogP contribution in [0.2, 0.25) is 0 Å². The molecule has 0 aromatic heterocycles. The number of benzene rings is 3. The van der Waals surface area contributed by atoms with Crippen molar-refractivity contribution in [3.63, 3.8) is 0 Å². The van der Waals surface area contributed by atoms with Crippen molar-refractivity contribution >= 4 is 23.5 Å². The largest absolute Gasteiger partial charge is 0.456 e. The maximum absolute atomic E-state index is 9.50. The van der Waals surface area contributed by atoms with Crippen LogP contribution in [0.3, 0.4) is 0 Å². The van der Waals surface area contributed by atoms with Crippen LogP contribution >= 0.6 is 23.5 Å². The fourth-order valence-electron chi connectivity index (χ4n) is 3.98. The van der Waals surface area contributed by atoms with Crippen LogP contribution in [0.1, 0.15) is 69.1 Å². The third-order valence-electron chi connectivity index (χ3n) is 6.71. The maximum Gasteiger partial charge on any atom is 0.282 e. The minimum atomic E-state index is 0.0802. The van der Waals surface area contributed by atoms with E-state index in [1.54, 1.807) is 0 Å². The van der Waals surface area contributed by atoms with Gasteiger partial charge in [-0.2, -0.15) is 0 Å². The van der Waals surface area contributed by atoms with Crippen molar-refractivity contribution in [1.82, 2.24) is 0 Å². The Kier molecular flexibility index (Phi) is 8.54. The lowest BCUT2D eigenvalue weighted by atomic mass is 9.99. The summed E-state index contributed by atoms with van der Waals surface area (Å²) in [7, 11) is 0. The van der Waals surface area contributed by atoms with Gasteiger partial charge < -0.3 is 9.47 Å². The van der Waals surface area contributed by atoms with Crippen molar-refractivity contribution < 1.29 is 9.47 Å². The summed E-state index contributed by atoms with van der Waals surface area (Å²) < 4.78 is 13.4. The molecule has 0 spiro atoms. The molecular formula is C31H30N2O2S2. The fraction of sp³-hybridized carbons (Fsp3) is 0.290. The Morgan fingerprint density at radius 1 is 0.892 bits per heavy atom. The van der Waals surface area contributed by atoms with Gasteiger partial charge in [-0.15, -0.1) is 0 Å². The van der Waals surface area contributed by atoms with E-state index in [9.17, 15) is 5.26 Å². The van der Waals surface area contributed by atoms with Gasteiger partial charge in [0.25, 0.3) is 5.70 Å². The zero-order valence-electron chi connectivity index (χ0n) is 21.8. The van der Waals surface area contributed by atoms with E-state index in [2.05, 4.69) is 56.8 Å². The Morgan fingerprint density at radius 3 is 1.89 bits per heavy atom. The number of ether oxygens (including phenoxy) is 2. The predicted octanol–water partition coefficient (Wildman–Crippen LogP) is 10.4. The summed E-state index contributed by atoms with van der Waals surface area (Å²) in [6.07, 6.45) is 2.17. The van der Waals surface area contributed by atoms with E-state index in [-0.39, 0.29) is 5.70 Å². The van der Waals surface area contributed by atoms with Crippen molar-refractivity contribution in [2.45, 2.75) is 69.1 Å². The molecule has 4 nitrogen and oxygen atoms in total. The first-order valence-corrected chi connectivity index (χ1v) is 14.1. The Labute approximate surface area is 228 Å². The van der Waals surface area contributed by atoms with E-state index in [1.807, 2.05) is 43.3 Å². The van der Waals surface area contributed by atoms with Crippen LogP contribution in [-0.2, 0) is 0 Å². The van der Waals surface area contributed by atoms with Crippen molar-refractivity contribution in [3.8, 4) is 29.1 Å². The molecule has 1 heterocycles. The summed E-state index contributed by atoms with van der Waals surface area (Å²) in [5.41, 5.74) is 3.57. The fourth-order valence-corrected chi connectivity index (χ4v) is 6.52. The number of thioether (sulfide) groups is 2. The second-order valence-electron chi connectivity index (χ2n) is 9.20. The number of nitrogens with zero attached hydrogens (tertiary/aromatic N) is 2. The molecule has 0 aliphatic carbocycles. The molecule has 6 heteroatoms. The van der Waals surface area contributed by atoms with Gasteiger partial charge in [0.15, 0.2) is 0 Å². The first kappa shape index (κ1) is 26.7. The number of allylic oxidation sites excluding steroid dienone is 1. The van der Waals surface area contributed by atoms with Crippen LogP contribution in [0.25, 0.3) is 4.85 Å². The van der Waals surface area contributed by atoms with Crippen LogP contribution < -0.4 is 9.47 Å². The highest BCUT2D eigenvalue weighted by Gasteiger charge is 2.30. The molecule has 0 N–H and O–H groups in total. The lowest BCUT2D eigenvalue weighted by Crippen LogP contribution is -1.96. The second kappa shape index (κ2) is 11.8. The van der Waals surface area contributed by atoms with Gasteiger partial charge in [0.1, 0.15) is 23.0 Å². The van der Waals surface area contributed by atoms with Crippen LogP contribution in [0.5, 0.6) is 23.0 Å². The molecular weight excluding hydrogens is 496 g/mol. The Bertz CT molecular complexity index is 1380. The topological polar surface area (TPSA) is 46.6 Å². The molecule has 3 aromatic carbocycles. The first-order chi connectivity index (χ1) is 17.9. The van der Waals surface area contributed by atoms with Gasteiger partial charge >= 0.3 is 0 Å². The van der Waals surface area contributed by atoms with Crippen LogP contribution in [0.15, 0.2) is 74.3 Å². The van der Waals surface area contributed by atoms with Gasteiger partial charge in [-0.25, -0.2) is 10.1 Å². The normalized spacial score (nSPS) is 15.2. The van der Waals surface area contributed by atoms with Gasteiger partial charge in [0, 0.05) is 0 Å². The lowest BCUT2D eigenvalue weighted by Gasteiger charge is -2.17. The van der Waals surface area contributed by atoms with E-state index in [0.717, 1.165) is 45.4 Å². The molecule has 0 saturated carbocycles. The van der Waals surface area contributed by atoms with Gasteiger partial charge in [0.2, 0.25) is 0 Å². The zero-order chi connectivity index (χ0) is 26.5. The number of hydrogen-bond acceptors (Lipinski definition) is 5. The number of fused-ring (bicyclic) bond motifs is 1. The average Bonchev–Trinajstić information content (AvgIpc) is 3.37. The smallest absolute Gasteiger partial charge is 0.282 e. The molecule has 1 aliphatic rings. The summed E-state index contributed by atoms with van der Waals surface area (Å²) in [6, 6.07) is 20.4. The molecule has 3 aromatic rings. The predicted molar refractivity (Wildman–Crippen MR) is 153 cm³/mol. The number of nitriles is 1. The van der Waals surface area contributed by atoms with Crippen molar-refractivity contribution in [2.75, 3.05) is 0 Å². The van der Waals surface area contributed by atoms with Gasteiger partial charge in [-0.1, -0.05) is 75.5 Å². The maximum atomic E-state index is 9.50. The monoisotopic (exact) mass is 526 g/mol. The molecule has 2 unspecified atom stereocenters. The molecule has 1 aliphatic heterocycles. The molecule has 0 amide bonds. The Morgan fingerprint density at radius 2 is 1.41 bits per heavy atom. The van der Waals surface area contributed by atoms with Crippen molar-refractivity contribution in [2.24, 2.45) is 0 Å². The van der Waals surface area contributed by atoms with Crippen molar-refractivity contribution in [3.05, 3.63) is 92.6 Å². The standard InChI is InChI=1S/C31H30N2O2S2/c1-7-19(3)22-9-13-24(14-10-22)34-27-17-21(5)28(30-29(27)36-31(37-30)26(18-32)33-6)35-25-15-11-23(12-16-25)20(4)8-2/h9-17,19-20H,7-8H2,1-5H3/b31-26+. The van der Waals surface area contributed by atoms with E-state index in [0.29, 0.717) is 21.8 Å². The summed E-state index contributed by atoms with van der Waals surface area (Å²) in [5, 5.41) is 9.50. The molecule has 0 fully saturated rings. The molecule has 2 atom stereocenters. The minimum Gasteiger partial charge on any atom is -0.456 e. The quantitative estimate of drug-likeness (QED) is 0.216.